The Hall–Kier alpha value is -1.36. The van der Waals surface area contributed by atoms with Crippen LogP contribution in [0.4, 0.5) is 0 Å². The lowest BCUT2D eigenvalue weighted by Crippen LogP contribution is -2.41. The summed E-state index contributed by atoms with van der Waals surface area (Å²) in [6, 6.07) is 0.416. The van der Waals surface area contributed by atoms with Gasteiger partial charge in [0.05, 0.1) is 12.9 Å². The van der Waals surface area contributed by atoms with Crippen LogP contribution in [0.15, 0.2) is 18.7 Å². The zero-order valence-corrected chi connectivity index (χ0v) is 12.2. The van der Waals surface area contributed by atoms with Gasteiger partial charge < -0.3 is 15.2 Å². The number of nitrogens with zero attached hydrogens (tertiary/aromatic N) is 2. The standard InChI is InChI=1S/C15H26N4O/c20-15(18-14-6-2-1-3-7-14)12-16-8-4-5-10-19-11-9-17-13-19/h9,11,13-14,16H,1-8,10,12H2,(H,18,20). The molecule has 5 nitrogen and oxygen atoms in total. The molecule has 2 N–H and O–H groups in total. The number of aromatic nitrogens is 2. The fourth-order valence-corrected chi connectivity index (χ4v) is 2.69. The molecule has 1 aliphatic rings. The number of amides is 1. The van der Waals surface area contributed by atoms with Crippen molar-refractivity contribution in [1.29, 1.82) is 0 Å². The number of hydrogen-bond donors (Lipinski definition) is 2. The van der Waals surface area contributed by atoms with E-state index in [2.05, 4.69) is 20.2 Å². The first-order chi connectivity index (χ1) is 9.84. The third kappa shape index (κ3) is 5.74. The van der Waals surface area contributed by atoms with Crippen molar-refractivity contribution in [2.45, 2.75) is 57.5 Å². The molecule has 2 rings (SSSR count). The van der Waals surface area contributed by atoms with E-state index in [-0.39, 0.29) is 5.91 Å². The lowest BCUT2D eigenvalue weighted by molar-refractivity contribution is -0.121. The normalized spacial score (nSPS) is 16.2. The van der Waals surface area contributed by atoms with Gasteiger partial charge in [-0.25, -0.2) is 4.98 Å². The lowest BCUT2D eigenvalue weighted by atomic mass is 9.95. The molecule has 1 saturated carbocycles. The molecule has 5 heteroatoms. The van der Waals surface area contributed by atoms with E-state index >= 15 is 0 Å². The average molecular weight is 278 g/mol. The molecule has 0 bridgehead atoms. The number of carbonyl (C=O) groups excluding carboxylic acids is 1. The molecule has 1 aliphatic carbocycles. The predicted molar refractivity (Wildman–Crippen MR) is 79.3 cm³/mol. The summed E-state index contributed by atoms with van der Waals surface area (Å²) in [5.41, 5.74) is 0. The third-order valence-electron chi connectivity index (χ3n) is 3.83. The van der Waals surface area contributed by atoms with E-state index < -0.39 is 0 Å². The molecule has 0 aliphatic heterocycles. The van der Waals surface area contributed by atoms with E-state index in [0.29, 0.717) is 12.6 Å². The largest absolute Gasteiger partial charge is 0.352 e. The maximum atomic E-state index is 11.7. The maximum Gasteiger partial charge on any atom is 0.234 e. The second-order valence-corrected chi connectivity index (χ2v) is 5.59. The molecule has 112 valence electrons. The third-order valence-corrected chi connectivity index (χ3v) is 3.83. The molecule has 1 heterocycles. The Balaban J connectivity index is 1.45. The Morgan fingerprint density at radius 3 is 2.85 bits per heavy atom. The predicted octanol–water partition coefficient (Wildman–Crippen LogP) is 1.70. The highest BCUT2D eigenvalue weighted by Crippen LogP contribution is 2.16. The van der Waals surface area contributed by atoms with Gasteiger partial charge in [-0.1, -0.05) is 19.3 Å². The number of aryl methyl sites for hydroxylation is 1. The molecular formula is C15H26N4O. The topological polar surface area (TPSA) is 59.0 Å². The van der Waals surface area contributed by atoms with Crippen molar-refractivity contribution in [3.63, 3.8) is 0 Å². The number of unbranched alkanes of at least 4 members (excludes halogenated alkanes) is 1. The van der Waals surface area contributed by atoms with E-state index in [1.165, 1.54) is 19.3 Å². The fourth-order valence-electron chi connectivity index (χ4n) is 2.69. The van der Waals surface area contributed by atoms with Gasteiger partial charge in [0.25, 0.3) is 0 Å². The van der Waals surface area contributed by atoms with Gasteiger partial charge in [-0.15, -0.1) is 0 Å². The number of rotatable bonds is 8. The SMILES string of the molecule is O=C(CNCCCCn1ccnc1)NC1CCCCC1. The number of hydrogen-bond acceptors (Lipinski definition) is 3. The molecule has 1 amide bonds. The lowest BCUT2D eigenvalue weighted by Gasteiger charge is -2.22. The molecule has 1 aromatic heterocycles. The first kappa shape index (κ1) is 15.0. The van der Waals surface area contributed by atoms with Gasteiger partial charge in [-0.2, -0.15) is 0 Å². The van der Waals surface area contributed by atoms with Crippen molar-refractivity contribution in [1.82, 2.24) is 20.2 Å². The van der Waals surface area contributed by atoms with Crippen molar-refractivity contribution in [3.8, 4) is 0 Å². The average Bonchev–Trinajstić information content (AvgIpc) is 2.97. The number of carbonyl (C=O) groups is 1. The van der Waals surface area contributed by atoms with E-state index in [1.54, 1.807) is 6.20 Å². The summed E-state index contributed by atoms with van der Waals surface area (Å²) in [4.78, 5) is 15.8. The molecule has 1 fully saturated rings. The molecule has 0 radical (unpaired) electrons. The Kier molecular flexibility index (Phi) is 6.57. The van der Waals surface area contributed by atoms with E-state index in [0.717, 1.165) is 38.8 Å². The van der Waals surface area contributed by atoms with Gasteiger partial charge in [0, 0.05) is 25.0 Å². The minimum atomic E-state index is 0.145. The Morgan fingerprint density at radius 2 is 2.10 bits per heavy atom. The first-order valence-corrected chi connectivity index (χ1v) is 7.80. The highest BCUT2D eigenvalue weighted by atomic mass is 16.1. The van der Waals surface area contributed by atoms with Crippen molar-refractivity contribution < 1.29 is 4.79 Å². The van der Waals surface area contributed by atoms with Crippen molar-refractivity contribution in [3.05, 3.63) is 18.7 Å². The van der Waals surface area contributed by atoms with Crippen LogP contribution < -0.4 is 10.6 Å². The second kappa shape index (κ2) is 8.74. The Labute approximate surface area is 121 Å². The zero-order valence-electron chi connectivity index (χ0n) is 12.2. The van der Waals surface area contributed by atoms with Gasteiger partial charge in [0.1, 0.15) is 0 Å². The summed E-state index contributed by atoms with van der Waals surface area (Å²) in [6.45, 7) is 2.34. The highest BCUT2D eigenvalue weighted by Gasteiger charge is 2.14. The van der Waals surface area contributed by atoms with Crippen LogP contribution in [0.3, 0.4) is 0 Å². The van der Waals surface area contributed by atoms with Gasteiger partial charge in [0.15, 0.2) is 0 Å². The summed E-state index contributed by atoms with van der Waals surface area (Å²) < 4.78 is 2.08. The summed E-state index contributed by atoms with van der Waals surface area (Å²) >= 11 is 0. The summed E-state index contributed by atoms with van der Waals surface area (Å²) in [6.07, 6.45) is 13.9. The van der Waals surface area contributed by atoms with Crippen LogP contribution in [0.5, 0.6) is 0 Å². The van der Waals surface area contributed by atoms with Crippen LogP contribution in [0.25, 0.3) is 0 Å². The van der Waals surface area contributed by atoms with Crippen LogP contribution in [-0.4, -0.2) is 34.6 Å². The van der Waals surface area contributed by atoms with Gasteiger partial charge in [0.2, 0.25) is 5.91 Å². The Morgan fingerprint density at radius 1 is 1.25 bits per heavy atom. The van der Waals surface area contributed by atoms with Crippen molar-refractivity contribution in [2.24, 2.45) is 0 Å². The van der Waals surface area contributed by atoms with Gasteiger partial charge in [-0.05, 0) is 32.2 Å². The van der Waals surface area contributed by atoms with Gasteiger partial charge >= 0.3 is 0 Å². The summed E-state index contributed by atoms with van der Waals surface area (Å²) in [7, 11) is 0. The molecule has 1 aromatic rings. The second-order valence-electron chi connectivity index (χ2n) is 5.59. The van der Waals surface area contributed by atoms with E-state index in [4.69, 9.17) is 0 Å². The molecule has 0 unspecified atom stereocenters. The smallest absolute Gasteiger partial charge is 0.234 e. The minimum Gasteiger partial charge on any atom is -0.352 e. The molecule has 0 spiro atoms. The zero-order chi connectivity index (χ0) is 14.0. The molecule has 0 aromatic carbocycles. The van der Waals surface area contributed by atoms with E-state index in [9.17, 15) is 4.79 Å². The molecular weight excluding hydrogens is 252 g/mol. The minimum absolute atomic E-state index is 0.145. The fraction of sp³-hybridized carbons (Fsp3) is 0.733. The molecule has 0 saturated heterocycles. The molecule has 20 heavy (non-hydrogen) atoms. The van der Waals surface area contributed by atoms with Crippen molar-refractivity contribution >= 4 is 5.91 Å². The summed E-state index contributed by atoms with van der Waals surface area (Å²) in [5, 5.41) is 6.34. The van der Waals surface area contributed by atoms with Crippen molar-refractivity contribution in [2.75, 3.05) is 13.1 Å². The Bertz CT molecular complexity index is 371. The number of nitrogens with one attached hydrogen (secondary N) is 2. The summed E-state index contributed by atoms with van der Waals surface area (Å²) in [5.74, 6) is 0.145. The quantitative estimate of drug-likeness (QED) is 0.712. The van der Waals surface area contributed by atoms with Crippen LogP contribution in [0, 0.1) is 0 Å². The van der Waals surface area contributed by atoms with Crippen LogP contribution >= 0.6 is 0 Å². The molecule has 0 atom stereocenters. The monoisotopic (exact) mass is 278 g/mol. The number of imidazole rings is 1. The van der Waals surface area contributed by atoms with Crippen LogP contribution in [0.2, 0.25) is 0 Å². The van der Waals surface area contributed by atoms with Crippen LogP contribution in [0.1, 0.15) is 44.9 Å². The first-order valence-electron chi connectivity index (χ1n) is 7.80. The maximum absolute atomic E-state index is 11.7. The van der Waals surface area contributed by atoms with Crippen LogP contribution in [-0.2, 0) is 11.3 Å². The van der Waals surface area contributed by atoms with E-state index in [1.807, 2.05) is 12.5 Å². The highest BCUT2D eigenvalue weighted by molar-refractivity contribution is 5.78. The van der Waals surface area contributed by atoms with Gasteiger partial charge in [-0.3, -0.25) is 4.79 Å².